The number of phenolic OH excluding ortho intramolecular Hbond substituents is 2. The lowest BCUT2D eigenvalue weighted by Crippen LogP contribution is -1.80. The van der Waals surface area contributed by atoms with E-state index in [-0.39, 0.29) is 11.5 Å². The smallest absolute Gasteiger partial charge is 0.158 e. The van der Waals surface area contributed by atoms with Crippen molar-refractivity contribution >= 4 is 22.5 Å². The maximum absolute atomic E-state index is 9.44. The first-order chi connectivity index (χ1) is 7.72. The second-order valence-corrected chi connectivity index (χ2v) is 4.28. The third-order valence-electron chi connectivity index (χ3n) is 2.23. The number of rotatable bonds is 2. The minimum atomic E-state index is -0.141. The first kappa shape index (κ1) is 10.7. The van der Waals surface area contributed by atoms with Gasteiger partial charge in [-0.2, -0.15) is 5.26 Å². The fourth-order valence-corrected chi connectivity index (χ4v) is 2.24. The van der Waals surface area contributed by atoms with Gasteiger partial charge in [-0.05, 0) is 29.0 Å². The van der Waals surface area contributed by atoms with Gasteiger partial charge in [0.25, 0.3) is 0 Å². The summed E-state index contributed by atoms with van der Waals surface area (Å²) in [6, 6.07) is 10.7. The Balaban J connectivity index is 2.59. The molecule has 0 spiro atoms. The van der Waals surface area contributed by atoms with Gasteiger partial charge in [0, 0.05) is 4.90 Å². The lowest BCUT2D eigenvalue weighted by Gasteiger charge is -2.06. The van der Waals surface area contributed by atoms with Crippen LogP contribution in [-0.2, 0) is 0 Å². The van der Waals surface area contributed by atoms with Crippen molar-refractivity contribution in [3.8, 4) is 17.6 Å². The number of nitrogens with zero attached hydrogens (tertiary/aromatic N) is 1. The average molecular weight is 231 g/mol. The van der Waals surface area contributed by atoms with Crippen molar-refractivity contribution in [1.29, 1.82) is 5.26 Å². The number of hydrogen-bond donors (Lipinski definition) is 2. The summed E-state index contributed by atoms with van der Waals surface area (Å²) in [5, 5.41) is 29.0. The molecule has 2 rings (SSSR count). The molecule has 0 aliphatic heterocycles. The number of phenols is 2. The highest BCUT2D eigenvalue weighted by Gasteiger charge is 2.06. The van der Waals surface area contributed by atoms with Crippen LogP contribution in [0.4, 0.5) is 0 Å². The van der Waals surface area contributed by atoms with Gasteiger partial charge in [0.1, 0.15) is 0 Å². The Hall–Kier alpha value is -1.86. The molecule has 3 nitrogen and oxygen atoms in total. The van der Waals surface area contributed by atoms with E-state index >= 15 is 0 Å². The van der Waals surface area contributed by atoms with Crippen LogP contribution in [0.5, 0.6) is 11.5 Å². The third kappa shape index (κ3) is 1.90. The molecule has 0 fully saturated rings. The Bertz CT molecular complexity index is 575. The molecular weight excluding hydrogens is 222 g/mol. The van der Waals surface area contributed by atoms with E-state index in [1.165, 1.54) is 23.9 Å². The predicted octanol–water partition coefficient (Wildman–Crippen LogP) is 2.87. The van der Waals surface area contributed by atoms with Crippen LogP contribution in [0.1, 0.15) is 0 Å². The van der Waals surface area contributed by atoms with E-state index in [9.17, 15) is 10.2 Å². The minimum Gasteiger partial charge on any atom is -0.504 e. The third-order valence-corrected chi connectivity index (χ3v) is 3.17. The number of hydrogen-bond acceptors (Lipinski definition) is 4. The van der Waals surface area contributed by atoms with Crippen molar-refractivity contribution in [3.05, 3.63) is 30.3 Å². The Morgan fingerprint density at radius 3 is 2.69 bits per heavy atom. The molecule has 2 N–H and O–H groups in total. The molecule has 0 bridgehead atoms. The zero-order valence-corrected chi connectivity index (χ0v) is 9.16. The first-order valence-corrected chi connectivity index (χ1v) is 5.65. The van der Waals surface area contributed by atoms with Gasteiger partial charge in [-0.3, -0.25) is 0 Å². The highest BCUT2D eigenvalue weighted by molar-refractivity contribution is 7.99. The molecule has 0 saturated heterocycles. The van der Waals surface area contributed by atoms with Gasteiger partial charge in [-0.1, -0.05) is 12.1 Å². The summed E-state index contributed by atoms with van der Waals surface area (Å²) in [6.45, 7) is 0. The fraction of sp³-hybridized carbons (Fsp3) is 0.0833. The zero-order chi connectivity index (χ0) is 11.5. The number of aromatic hydroxyl groups is 2. The zero-order valence-electron chi connectivity index (χ0n) is 8.34. The van der Waals surface area contributed by atoms with E-state index in [1.54, 1.807) is 0 Å². The quantitative estimate of drug-likeness (QED) is 0.616. The molecule has 2 aromatic rings. The number of thioether (sulfide) groups is 1. The maximum atomic E-state index is 9.44. The molecule has 0 heterocycles. The van der Waals surface area contributed by atoms with E-state index in [2.05, 4.69) is 6.07 Å². The lowest BCUT2D eigenvalue weighted by atomic mass is 10.1. The molecule has 0 amide bonds. The van der Waals surface area contributed by atoms with Gasteiger partial charge in [0.05, 0.1) is 11.8 Å². The molecule has 0 aliphatic carbocycles. The van der Waals surface area contributed by atoms with Gasteiger partial charge in [-0.15, -0.1) is 11.8 Å². The summed E-state index contributed by atoms with van der Waals surface area (Å²) < 4.78 is 0. The second-order valence-electron chi connectivity index (χ2n) is 3.26. The standard InChI is InChI=1S/C12H9NO2S/c13-4-5-16-12-3-1-2-8-6-10(14)11(15)7-9(8)12/h1-3,6-7,14-15H,5H2. The molecule has 0 radical (unpaired) electrons. The monoisotopic (exact) mass is 231 g/mol. The van der Waals surface area contributed by atoms with Crippen molar-refractivity contribution in [2.75, 3.05) is 5.75 Å². The number of nitriles is 1. The van der Waals surface area contributed by atoms with E-state index < -0.39 is 0 Å². The average Bonchev–Trinajstić information content (AvgIpc) is 2.28. The Kier molecular flexibility index (Phi) is 2.88. The summed E-state index contributed by atoms with van der Waals surface area (Å²) >= 11 is 1.41. The first-order valence-electron chi connectivity index (χ1n) is 4.67. The van der Waals surface area contributed by atoms with E-state index in [0.29, 0.717) is 5.75 Å². The molecule has 80 valence electrons. The highest BCUT2D eigenvalue weighted by Crippen LogP contribution is 2.35. The summed E-state index contributed by atoms with van der Waals surface area (Å²) in [4.78, 5) is 0.925. The van der Waals surface area contributed by atoms with Crippen LogP contribution in [0.2, 0.25) is 0 Å². The Labute approximate surface area is 96.9 Å². The molecule has 0 saturated carbocycles. The van der Waals surface area contributed by atoms with Crippen LogP contribution in [0.3, 0.4) is 0 Å². The van der Waals surface area contributed by atoms with Crippen LogP contribution >= 0.6 is 11.8 Å². The van der Waals surface area contributed by atoms with Crippen molar-refractivity contribution in [2.24, 2.45) is 0 Å². The highest BCUT2D eigenvalue weighted by atomic mass is 32.2. The van der Waals surface area contributed by atoms with Crippen molar-refractivity contribution in [1.82, 2.24) is 0 Å². The molecule has 0 atom stereocenters. The Morgan fingerprint density at radius 2 is 1.94 bits per heavy atom. The van der Waals surface area contributed by atoms with E-state index in [1.807, 2.05) is 18.2 Å². The fourth-order valence-electron chi connectivity index (χ4n) is 1.51. The van der Waals surface area contributed by atoms with Crippen molar-refractivity contribution in [2.45, 2.75) is 4.90 Å². The van der Waals surface area contributed by atoms with E-state index in [0.717, 1.165) is 15.7 Å². The predicted molar refractivity (Wildman–Crippen MR) is 63.6 cm³/mol. The number of fused-ring (bicyclic) bond motifs is 1. The molecule has 2 aromatic carbocycles. The van der Waals surface area contributed by atoms with Gasteiger partial charge in [0.15, 0.2) is 11.5 Å². The number of benzene rings is 2. The normalized spacial score (nSPS) is 10.2. The second kappa shape index (κ2) is 4.33. The van der Waals surface area contributed by atoms with E-state index in [4.69, 9.17) is 5.26 Å². The summed E-state index contributed by atoms with van der Waals surface area (Å²) in [5.74, 6) is 0.0910. The van der Waals surface area contributed by atoms with Crippen LogP contribution in [0, 0.1) is 11.3 Å². The Morgan fingerprint density at radius 1 is 1.19 bits per heavy atom. The van der Waals surface area contributed by atoms with Crippen molar-refractivity contribution < 1.29 is 10.2 Å². The molecule has 0 aromatic heterocycles. The minimum absolute atomic E-state index is 0.130. The lowest BCUT2D eigenvalue weighted by molar-refractivity contribution is 0.405. The van der Waals surface area contributed by atoms with Gasteiger partial charge >= 0.3 is 0 Å². The summed E-state index contributed by atoms with van der Waals surface area (Å²) in [6.07, 6.45) is 0. The molecule has 4 heteroatoms. The van der Waals surface area contributed by atoms with Crippen LogP contribution in [0.15, 0.2) is 35.2 Å². The summed E-state index contributed by atoms with van der Waals surface area (Å²) in [5.41, 5.74) is 0. The SMILES string of the molecule is N#CCSc1cccc2cc(O)c(O)cc12. The maximum Gasteiger partial charge on any atom is 0.158 e. The molecule has 0 aliphatic rings. The van der Waals surface area contributed by atoms with Crippen LogP contribution in [0.25, 0.3) is 10.8 Å². The summed E-state index contributed by atoms with van der Waals surface area (Å²) in [7, 11) is 0. The van der Waals surface area contributed by atoms with Crippen molar-refractivity contribution in [3.63, 3.8) is 0 Å². The van der Waals surface area contributed by atoms with Crippen LogP contribution in [-0.4, -0.2) is 16.0 Å². The molecule has 0 unspecified atom stereocenters. The van der Waals surface area contributed by atoms with Crippen LogP contribution < -0.4 is 0 Å². The topological polar surface area (TPSA) is 64.2 Å². The van der Waals surface area contributed by atoms with Gasteiger partial charge < -0.3 is 10.2 Å². The largest absolute Gasteiger partial charge is 0.504 e. The molecule has 16 heavy (non-hydrogen) atoms. The van der Waals surface area contributed by atoms with Gasteiger partial charge in [0.2, 0.25) is 0 Å². The molecular formula is C12H9NO2S. The van der Waals surface area contributed by atoms with Gasteiger partial charge in [-0.25, -0.2) is 0 Å².